The molecule has 1 amide bonds. The number of nitrogens with one attached hydrogen (secondary N) is 1. The van der Waals surface area contributed by atoms with Crippen molar-refractivity contribution in [2.24, 2.45) is 0 Å². The molecular weight excluding hydrogens is 382 g/mol. The Bertz CT molecular complexity index is 1250. The molecule has 0 aliphatic heterocycles. The standard InChI is InChI=1S/C19H16ClN5O3/c1-2-28-16-6-4-3-5-14(16)22-17(26)10-25-19(27)24-11-21-15-9-12(20)7-8-13(15)18(24)23-25/h3-9,11H,2,10H2,1H3,(H,22,26). The van der Waals surface area contributed by atoms with Gasteiger partial charge < -0.3 is 10.1 Å². The number of benzene rings is 2. The molecule has 2 aromatic carbocycles. The molecule has 1 N–H and O–H groups in total. The highest BCUT2D eigenvalue weighted by molar-refractivity contribution is 6.31. The van der Waals surface area contributed by atoms with Gasteiger partial charge in [0.2, 0.25) is 5.91 Å². The fourth-order valence-electron chi connectivity index (χ4n) is 2.91. The van der Waals surface area contributed by atoms with Crippen LogP contribution in [-0.4, -0.2) is 31.7 Å². The Morgan fingerprint density at radius 1 is 1.25 bits per heavy atom. The third-order valence-electron chi connectivity index (χ3n) is 4.14. The maximum absolute atomic E-state index is 12.6. The SMILES string of the molecule is CCOc1ccccc1NC(=O)Cn1nc2c3ccc(Cl)cc3ncn2c1=O. The number of halogens is 1. The van der Waals surface area contributed by atoms with E-state index in [0.717, 1.165) is 4.68 Å². The minimum absolute atomic E-state index is 0.240. The third kappa shape index (κ3) is 3.29. The average molecular weight is 398 g/mol. The normalized spacial score (nSPS) is 11.1. The highest BCUT2D eigenvalue weighted by atomic mass is 35.5. The van der Waals surface area contributed by atoms with Gasteiger partial charge in [-0.3, -0.25) is 4.79 Å². The number of nitrogens with zero attached hydrogens (tertiary/aromatic N) is 4. The van der Waals surface area contributed by atoms with Crippen molar-refractivity contribution in [3.63, 3.8) is 0 Å². The largest absolute Gasteiger partial charge is 0.492 e. The van der Waals surface area contributed by atoms with E-state index in [4.69, 9.17) is 16.3 Å². The molecule has 4 aromatic rings. The van der Waals surface area contributed by atoms with E-state index in [2.05, 4.69) is 15.4 Å². The molecule has 0 aliphatic rings. The monoisotopic (exact) mass is 397 g/mol. The molecule has 28 heavy (non-hydrogen) atoms. The number of carbonyl (C=O) groups is 1. The smallest absolute Gasteiger partial charge is 0.352 e. The van der Waals surface area contributed by atoms with E-state index in [-0.39, 0.29) is 6.54 Å². The highest BCUT2D eigenvalue weighted by Gasteiger charge is 2.15. The van der Waals surface area contributed by atoms with E-state index in [1.165, 1.54) is 10.7 Å². The molecule has 142 valence electrons. The molecule has 8 nitrogen and oxygen atoms in total. The molecule has 4 rings (SSSR count). The number of hydrogen-bond acceptors (Lipinski definition) is 5. The Morgan fingerprint density at radius 2 is 2.07 bits per heavy atom. The zero-order valence-corrected chi connectivity index (χ0v) is 15.7. The van der Waals surface area contributed by atoms with Crippen molar-refractivity contribution in [2.45, 2.75) is 13.5 Å². The maximum Gasteiger partial charge on any atom is 0.352 e. The van der Waals surface area contributed by atoms with Gasteiger partial charge in [0.1, 0.15) is 18.6 Å². The van der Waals surface area contributed by atoms with Crippen LogP contribution in [0.4, 0.5) is 5.69 Å². The van der Waals surface area contributed by atoms with Crippen LogP contribution >= 0.6 is 11.6 Å². The molecule has 0 fully saturated rings. The quantitative estimate of drug-likeness (QED) is 0.559. The van der Waals surface area contributed by atoms with E-state index in [1.54, 1.807) is 36.4 Å². The average Bonchev–Trinajstić information content (AvgIpc) is 2.99. The first-order valence-corrected chi connectivity index (χ1v) is 8.99. The van der Waals surface area contributed by atoms with Gasteiger partial charge in [0.05, 0.1) is 17.8 Å². The number of amides is 1. The van der Waals surface area contributed by atoms with Crippen LogP contribution in [0.3, 0.4) is 0 Å². The molecule has 0 spiro atoms. The van der Waals surface area contributed by atoms with Gasteiger partial charge in [-0.25, -0.2) is 18.9 Å². The molecule has 0 saturated heterocycles. The molecule has 0 unspecified atom stereocenters. The van der Waals surface area contributed by atoms with Gasteiger partial charge in [0.15, 0.2) is 5.65 Å². The van der Waals surface area contributed by atoms with Gasteiger partial charge in [-0.1, -0.05) is 23.7 Å². The summed E-state index contributed by atoms with van der Waals surface area (Å²) < 4.78 is 7.90. The van der Waals surface area contributed by atoms with Crippen LogP contribution in [0, 0.1) is 0 Å². The summed E-state index contributed by atoms with van der Waals surface area (Å²) in [6.07, 6.45) is 1.38. The number of anilines is 1. The topological polar surface area (TPSA) is 90.5 Å². The summed E-state index contributed by atoms with van der Waals surface area (Å²) in [7, 11) is 0. The number of rotatable bonds is 5. The zero-order valence-electron chi connectivity index (χ0n) is 14.9. The molecular formula is C19H16ClN5O3. The molecule has 2 heterocycles. The Hall–Kier alpha value is -3.39. The number of hydrogen-bond donors (Lipinski definition) is 1. The lowest BCUT2D eigenvalue weighted by Gasteiger charge is -2.10. The number of carbonyl (C=O) groups excluding carboxylic acids is 1. The number of fused-ring (bicyclic) bond motifs is 3. The summed E-state index contributed by atoms with van der Waals surface area (Å²) in [4.78, 5) is 29.3. The minimum atomic E-state index is -0.451. The van der Waals surface area contributed by atoms with Crippen molar-refractivity contribution in [3.05, 3.63) is 64.3 Å². The zero-order chi connectivity index (χ0) is 19.7. The predicted octanol–water partition coefficient (Wildman–Crippen LogP) is 2.74. The lowest BCUT2D eigenvalue weighted by molar-refractivity contribution is -0.117. The van der Waals surface area contributed by atoms with Crippen LogP contribution in [0.2, 0.25) is 5.02 Å². The van der Waals surface area contributed by atoms with E-state index in [1.807, 2.05) is 13.0 Å². The second-order valence-electron chi connectivity index (χ2n) is 6.02. The predicted molar refractivity (Wildman–Crippen MR) is 106 cm³/mol. The van der Waals surface area contributed by atoms with E-state index in [0.29, 0.717) is 39.6 Å². The molecule has 0 bridgehead atoms. The first kappa shape index (κ1) is 18.0. The Balaban J connectivity index is 1.65. The first-order valence-electron chi connectivity index (χ1n) is 8.62. The molecule has 0 radical (unpaired) electrons. The summed E-state index contributed by atoms with van der Waals surface area (Å²) in [5.41, 5.74) is 1.11. The number of aromatic nitrogens is 4. The van der Waals surface area contributed by atoms with Gasteiger partial charge >= 0.3 is 5.69 Å². The number of ether oxygens (including phenoxy) is 1. The summed E-state index contributed by atoms with van der Waals surface area (Å²) in [6.45, 7) is 2.10. The van der Waals surface area contributed by atoms with Crippen molar-refractivity contribution >= 4 is 39.7 Å². The van der Waals surface area contributed by atoms with Gasteiger partial charge in [-0.05, 0) is 37.3 Å². The summed E-state index contributed by atoms with van der Waals surface area (Å²) in [6, 6.07) is 12.2. The van der Waals surface area contributed by atoms with Gasteiger partial charge in [0, 0.05) is 10.4 Å². The fourth-order valence-corrected chi connectivity index (χ4v) is 3.07. The molecule has 0 aliphatic carbocycles. The molecule has 9 heteroatoms. The van der Waals surface area contributed by atoms with Crippen LogP contribution in [0.25, 0.3) is 16.6 Å². The molecule has 0 saturated carbocycles. The van der Waals surface area contributed by atoms with Gasteiger partial charge in [-0.15, -0.1) is 5.10 Å². The molecule has 2 aromatic heterocycles. The van der Waals surface area contributed by atoms with Crippen LogP contribution in [0.15, 0.2) is 53.6 Å². The third-order valence-corrected chi connectivity index (χ3v) is 4.37. The summed E-state index contributed by atoms with van der Waals surface area (Å²) in [5.74, 6) is 0.172. The van der Waals surface area contributed by atoms with E-state index < -0.39 is 11.6 Å². The summed E-state index contributed by atoms with van der Waals surface area (Å²) >= 11 is 5.99. The van der Waals surface area contributed by atoms with E-state index >= 15 is 0 Å². The Kier molecular flexibility index (Phi) is 4.70. The van der Waals surface area contributed by atoms with Crippen molar-refractivity contribution in [2.75, 3.05) is 11.9 Å². The number of para-hydroxylation sites is 2. The van der Waals surface area contributed by atoms with Crippen LogP contribution in [0.5, 0.6) is 5.75 Å². The summed E-state index contributed by atoms with van der Waals surface area (Å²) in [5, 5.41) is 8.27. The maximum atomic E-state index is 12.6. The first-order chi connectivity index (χ1) is 13.6. The van der Waals surface area contributed by atoms with Crippen LogP contribution < -0.4 is 15.7 Å². The Morgan fingerprint density at radius 3 is 2.89 bits per heavy atom. The van der Waals surface area contributed by atoms with Gasteiger partial charge in [0.25, 0.3) is 0 Å². The lowest BCUT2D eigenvalue weighted by atomic mass is 10.2. The van der Waals surface area contributed by atoms with E-state index in [9.17, 15) is 9.59 Å². The van der Waals surface area contributed by atoms with Crippen molar-refractivity contribution < 1.29 is 9.53 Å². The lowest BCUT2D eigenvalue weighted by Crippen LogP contribution is -2.28. The van der Waals surface area contributed by atoms with Crippen molar-refractivity contribution in [3.8, 4) is 5.75 Å². The van der Waals surface area contributed by atoms with Crippen LogP contribution in [0.1, 0.15) is 6.92 Å². The minimum Gasteiger partial charge on any atom is -0.492 e. The second kappa shape index (κ2) is 7.32. The Labute approximate surface area is 164 Å². The van der Waals surface area contributed by atoms with Crippen molar-refractivity contribution in [1.29, 1.82) is 0 Å². The van der Waals surface area contributed by atoms with Crippen molar-refractivity contribution in [1.82, 2.24) is 19.2 Å². The highest BCUT2D eigenvalue weighted by Crippen LogP contribution is 2.23. The van der Waals surface area contributed by atoms with Gasteiger partial charge in [-0.2, -0.15) is 0 Å². The fraction of sp³-hybridized carbons (Fsp3) is 0.158. The molecule has 0 atom stereocenters. The van der Waals surface area contributed by atoms with Crippen LogP contribution in [-0.2, 0) is 11.3 Å². The second-order valence-corrected chi connectivity index (χ2v) is 6.45.